The molecule has 102 valence electrons. The van der Waals surface area contributed by atoms with E-state index in [0.717, 1.165) is 0 Å². The molecule has 0 aliphatic carbocycles. The Morgan fingerprint density at radius 1 is 1.33 bits per heavy atom. The van der Waals surface area contributed by atoms with Gasteiger partial charge in [-0.1, -0.05) is 36.2 Å². The summed E-state index contributed by atoms with van der Waals surface area (Å²) in [5.74, 6) is -1.06. The number of benzene rings is 1. The maximum Gasteiger partial charge on any atom is 0.337 e. The average Bonchev–Trinajstić information content (AvgIpc) is 2.31. The monoisotopic (exact) mass is 294 g/mol. The zero-order valence-corrected chi connectivity index (χ0v) is 11.6. The summed E-state index contributed by atoms with van der Waals surface area (Å²) >= 11 is 11.1. The first-order valence-electron chi connectivity index (χ1n) is 5.27. The highest BCUT2D eigenvalue weighted by molar-refractivity contribution is 6.43. The number of halogens is 2. The molecule has 0 saturated carbocycles. The molecule has 0 bridgehead atoms. The molecular formula is C12H16Cl2O4. The Labute approximate surface area is 116 Å². The fourth-order valence-corrected chi connectivity index (χ4v) is 1.20. The largest absolute Gasteiger partial charge is 0.478 e. The Balaban J connectivity index is 0.000000360. The molecule has 18 heavy (non-hydrogen) atoms. The van der Waals surface area contributed by atoms with Crippen molar-refractivity contribution in [1.82, 2.24) is 0 Å². The van der Waals surface area contributed by atoms with Crippen LogP contribution in [-0.2, 0) is 0 Å². The molecule has 6 heteroatoms. The van der Waals surface area contributed by atoms with Crippen molar-refractivity contribution in [2.45, 2.75) is 20.0 Å². The van der Waals surface area contributed by atoms with Crippen LogP contribution < -0.4 is 0 Å². The molecular weight excluding hydrogens is 279 g/mol. The number of aliphatic hydroxyl groups is 2. The topological polar surface area (TPSA) is 77.8 Å². The van der Waals surface area contributed by atoms with Crippen LogP contribution in [0.25, 0.3) is 0 Å². The second-order valence-corrected chi connectivity index (χ2v) is 4.59. The normalized spacial score (nSPS) is 13.2. The second-order valence-electron chi connectivity index (χ2n) is 3.81. The number of aromatic carboxylic acids is 1. The van der Waals surface area contributed by atoms with Gasteiger partial charge in [-0.05, 0) is 19.1 Å². The first kappa shape index (κ1) is 17.2. The van der Waals surface area contributed by atoms with Gasteiger partial charge in [0.15, 0.2) is 0 Å². The summed E-state index contributed by atoms with van der Waals surface area (Å²) in [6.45, 7) is 3.53. The maximum atomic E-state index is 10.4. The van der Waals surface area contributed by atoms with Crippen molar-refractivity contribution in [2.24, 2.45) is 5.92 Å². The van der Waals surface area contributed by atoms with E-state index < -0.39 is 5.97 Å². The van der Waals surface area contributed by atoms with Gasteiger partial charge in [-0.3, -0.25) is 0 Å². The molecule has 1 rings (SSSR count). The SMILES string of the molecule is CC(O)C(C)CO.O=C(O)c1cccc(Cl)c1Cl. The van der Waals surface area contributed by atoms with Crippen molar-refractivity contribution in [3.63, 3.8) is 0 Å². The van der Waals surface area contributed by atoms with E-state index in [1.165, 1.54) is 18.2 Å². The predicted molar refractivity (Wildman–Crippen MR) is 71.4 cm³/mol. The van der Waals surface area contributed by atoms with Crippen molar-refractivity contribution < 1.29 is 20.1 Å². The Bertz CT molecular complexity index is 394. The lowest BCUT2D eigenvalue weighted by molar-refractivity contribution is 0.0697. The van der Waals surface area contributed by atoms with E-state index >= 15 is 0 Å². The Morgan fingerprint density at radius 2 is 1.89 bits per heavy atom. The maximum absolute atomic E-state index is 10.4. The van der Waals surface area contributed by atoms with Gasteiger partial charge in [-0.25, -0.2) is 4.79 Å². The Kier molecular flexibility index (Phi) is 7.95. The smallest absolute Gasteiger partial charge is 0.337 e. The van der Waals surface area contributed by atoms with Crippen LogP contribution in [0.3, 0.4) is 0 Å². The average molecular weight is 295 g/mol. The standard InChI is InChI=1S/C7H4Cl2O2.C5H12O2/c8-5-3-1-2-4(6(5)9)7(10)11;1-4(3-6)5(2)7/h1-3H,(H,10,11);4-7H,3H2,1-2H3. The third kappa shape index (κ3) is 5.69. The molecule has 4 nitrogen and oxygen atoms in total. The van der Waals surface area contributed by atoms with E-state index in [-0.39, 0.29) is 34.2 Å². The first-order chi connectivity index (χ1) is 8.31. The third-order valence-corrected chi connectivity index (χ3v) is 3.11. The molecule has 0 saturated heterocycles. The fourth-order valence-electron chi connectivity index (χ4n) is 0.822. The molecule has 0 fully saturated rings. The minimum atomic E-state index is -1.07. The summed E-state index contributed by atoms with van der Waals surface area (Å²) in [6, 6.07) is 4.48. The highest BCUT2D eigenvalue weighted by Crippen LogP contribution is 2.25. The molecule has 1 aromatic carbocycles. The van der Waals surface area contributed by atoms with Gasteiger partial charge in [0.2, 0.25) is 0 Å². The number of aliphatic hydroxyl groups excluding tert-OH is 2. The molecule has 0 spiro atoms. The molecule has 0 aromatic heterocycles. The Hall–Kier alpha value is -0.810. The summed E-state index contributed by atoms with van der Waals surface area (Å²) in [7, 11) is 0. The van der Waals surface area contributed by atoms with Crippen LogP contribution in [0.5, 0.6) is 0 Å². The quantitative estimate of drug-likeness (QED) is 0.801. The van der Waals surface area contributed by atoms with Gasteiger partial charge in [0.25, 0.3) is 0 Å². The van der Waals surface area contributed by atoms with Crippen LogP contribution in [-0.4, -0.2) is 34.0 Å². The second kappa shape index (κ2) is 8.32. The lowest BCUT2D eigenvalue weighted by Crippen LogP contribution is -2.16. The van der Waals surface area contributed by atoms with E-state index in [1.54, 1.807) is 13.8 Å². The lowest BCUT2D eigenvalue weighted by atomic mass is 10.1. The van der Waals surface area contributed by atoms with Crippen LogP contribution in [0.15, 0.2) is 18.2 Å². The van der Waals surface area contributed by atoms with Gasteiger partial charge in [0.05, 0.1) is 21.7 Å². The molecule has 0 aliphatic rings. The minimum absolute atomic E-state index is 0.0139. The van der Waals surface area contributed by atoms with Crippen LogP contribution in [0.2, 0.25) is 10.0 Å². The summed E-state index contributed by atoms with van der Waals surface area (Å²) in [4.78, 5) is 10.4. The molecule has 0 radical (unpaired) electrons. The van der Waals surface area contributed by atoms with Gasteiger partial charge >= 0.3 is 5.97 Å². The van der Waals surface area contributed by atoms with Crippen LogP contribution in [0.4, 0.5) is 0 Å². The highest BCUT2D eigenvalue weighted by Gasteiger charge is 2.09. The number of carbonyl (C=O) groups is 1. The van der Waals surface area contributed by atoms with Gasteiger partial charge < -0.3 is 15.3 Å². The summed E-state index contributed by atoms with van der Waals surface area (Å²) in [6.07, 6.45) is -0.384. The van der Waals surface area contributed by atoms with Crippen molar-refractivity contribution in [2.75, 3.05) is 6.61 Å². The Morgan fingerprint density at radius 3 is 2.17 bits per heavy atom. The van der Waals surface area contributed by atoms with Crippen LogP contribution in [0, 0.1) is 5.92 Å². The predicted octanol–water partition coefficient (Wildman–Crippen LogP) is 2.69. The number of carboxylic acid groups (broad SMARTS) is 1. The number of rotatable bonds is 3. The third-order valence-electron chi connectivity index (χ3n) is 2.29. The van der Waals surface area contributed by atoms with Gasteiger partial charge in [-0.2, -0.15) is 0 Å². The molecule has 3 N–H and O–H groups in total. The zero-order valence-electron chi connectivity index (χ0n) is 10.1. The van der Waals surface area contributed by atoms with E-state index in [0.29, 0.717) is 0 Å². The van der Waals surface area contributed by atoms with E-state index in [9.17, 15) is 4.79 Å². The minimum Gasteiger partial charge on any atom is -0.478 e. The molecule has 0 aliphatic heterocycles. The molecule has 0 amide bonds. The van der Waals surface area contributed by atoms with Crippen molar-refractivity contribution >= 4 is 29.2 Å². The summed E-state index contributed by atoms with van der Waals surface area (Å²) in [5.41, 5.74) is 0.0270. The molecule has 2 atom stereocenters. The number of carboxylic acids is 1. The fraction of sp³-hybridized carbons (Fsp3) is 0.417. The molecule has 1 aromatic rings. The van der Waals surface area contributed by atoms with Crippen molar-refractivity contribution in [3.8, 4) is 0 Å². The van der Waals surface area contributed by atoms with Crippen LogP contribution >= 0.6 is 23.2 Å². The summed E-state index contributed by atoms with van der Waals surface area (Å²) in [5, 5.41) is 25.9. The first-order valence-corrected chi connectivity index (χ1v) is 6.03. The van der Waals surface area contributed by atoms with Gasteiger partial charge in [-0.15, -0.1) is 0 Å². The number of hydrogen-bond donors (Lipinski definition) is 3. The van der Waals surface area contributed by atoms with Crippen LogP contribution in [0.1, 0.15) is 24.2 Å². The van der Waals surface area contributed by atoms with E-state index in [1.807, 2.05) is 0 Å². The van der Waals surface area contributed by atoms with E-state index in [2.05, 4.69) is 0 Å². The van der Waals surface area contributed by atoms with Crippen molar-refractivity contribution in [3.05, 3.63) is 33.8 Å². The summed E-state index contributed by atoms with van der Waals surface area (Å²) < 4.78 is 0. The van der Waals surface area contributed by atoms with Gasteiger partial charge in [0.1, 0.15) is 0 Å². The van der Waals surface area contributed by atoms with E-state index in [4.69, 9.17) is 38.5 Å². The molecule has 2 unspecified atom stereocenters. The number of hydrogen-bond acceptors (Lipinski definition) is 3. The lowest BCUT2D eigenvalue weighted by Gasteiger charge is -2.08. The molecule has 0 heterocycles. The van der Waals surface area contributed by atoms with Gasteiger partial charge in [0, 0.05) is 12.5 Å². The van der Waals surface area contributed by atoms with Crippen molar-refractivity contribution in [1.29, 1.82) is 0 Å². The highest BCUT2D eigenvalue weighted by atomic mass is 35.5. The zero-order chi connectivity index (χ0) is 14.3.